The molecule has 1 aromatic rings. The maximum atomic E-state index is 12.5. The Hall–Kier alpha value is -1.19. The van der Waals surface area contributed by atoms with Gasteiger partial charge in [0, 0.05) is 11.5 Å². The molecular weight excluding hydrogens is 217 g/mol. The van der Waals surface area contributed by atoms with Crippen LogP contribution in [0.25, 0.3) is 0 Å². The van der Waals surface area contributed by atoms with Crippen LogP contribution in [0.2, 0.25) is 0 Å². The van der Waals surface area contributed by atoms with E-state index >= 15 is 0 Å². The van der Waals surface area contributed by atoms with Crippen molar-refractivity contribution < 1.29 is 17.9 Å². The zero-order valence-electron chi connectivity index (χ0n) is 9.48. The monoisotopic (exact) mass is 231 g/mol. The molecule has 4 heteroatoms. The second-order valence-corrected chi connectivity index (χ2v) is 3.64. The van der Waals surface area contributed by atoms with E-state index in [2.05, 4.69) is 0 Å². The number of rotatable bonds is 3. The molecule has 0 aliphatic carbocycles. The highest BCUT2D eigenvalue weighted by atomic mass is 19.4. The summed E-state index contributed by atoms with van der Waals surface area (Å²) in [5, 5.41) is 0. The lowest BCUT2D eigenvalue weighted by molar-refractivity contribution is -0.137. The van der Waals surface area contributed by atoms with Crippen LogP contribution < -0.4 is 4.74 Å². The Labute approximate surface area is 93.2 Å². The van der Waals surface area contributed by atoms with Gasteiger partial charge in [-0.15, -0.1) is 0 Å². The van der Waals surface area contributed by atoms with Gasteiger partial charge in [-0.1, -0.05) is 13.8 Å². The molecule has 89 valence electrons. The first kappa shape index (κ1) is 12.9. The normalized spacial score (nSPS) is 11.9. The molecule has 16 heavy (non-hydrogen) atoms. The maximum Gasteiger partial charge on any atom is 0.416 e. The molecule has 0 N–H and O–H groups in total. The van der Waals surface area contributed by atoms with Gasteiger partial charge in [0.25, 0.3) is 0 Å². The van der Waals surface area contributed by atoms with Gasteiger partial charge in [0.15, 0.2) is 0 Å². The Morgan fingerprint density at radius 2 is 1.88 bits per heavy atom. The Morgan fingerprint density at radius 3 is 2.31 bits per heavy atom. The zero-order chi connectivity index (χ0) is 12.3. The molecule has 0 amide bonds. The summed E-state index contributed by atoms with van der Waals surface area (Å²) in [5.74, 6) is 1.30. The van der Waals surface area contributed by atoms with Crippen molar-refractivity contribution in [3.8, 4) is 5.75 Å². The summed E-state index contributed by atoms with van der Waals surface area (Å²) in [5.41, 5.74) is -0.135. The van der Waals surface area contributed by atoms with Crippen molar-refractivity contribution in [3.63, 3.8) is 0 Å². The van der Waals surface area contributed by atoms with Gasteiger partial charge in [-0.3, -0.25) is 0 Å². The fourth-order valence-corrected chi connectivity index (χ4v) is 1.38. The van der Waals surface area contributed by atoms with Crippen molar-refractivity contribution >= 4 is 0 Å². The van der Waals surface area contributed by atoms with Crippen molar-refractivity contribution in [2.45, 2.75) is 26.9 Å². The molecule has 0 saturated heterocycles. The average Bonchev–Trinajstić information content (AvgIpc) is 2.16. The van der Waals surface area contributed by atoms with Crippen molar-refractivity contribution in [2.75, 3.05) is 6.61 Å². The Balaban J connectivity index is 3.17. The van der Waals surface area contributed by atoms with E-state index in [0.717, 1.165) is 18.1 Å². The highest BCUT2D eigenvalue weighted by Crippen LogP contribution is 2.34. The number of hydrogen-bond donors (Lipinski definition) is 0. The van der Waals surface area contributed by atoms with Gasteiger partial charge in [0.05, 0.1) is 12.2 Å². The number of ether oxygens (including phenoxy) is 1. The van der Waals surface area contributed by atoms with Crippen LogP contribution in [0.3, 0.4) is 0 Å². The highest BCUT2D eigenvalue weighted by molar-refractivity contribution is 5.45. The Morgan fingerprint density at radius 1 is 1.25 bits per heavy atom. The molecule has 0 heterocycles. The second-order valence-electron chi connectivity index (χ2n) is 3.64. The molecule has 1 radical (unpaired) electrons. The van der Waals surface area contributed by atoms with E-state index in [-0.39, 0.29) is 0 Å². The van der Waals surface area contributed by atoms with Gasteiger partial charge in [-0.2, -0.15) is 13.2 Å². The van der Waals surface area contributed by atoms with E-state index in [4.69, 9.17) is 4.74 Å². The van der Waals surface area contributed by atoms with Crippen molar-refractivity contribution in [1.82, 2.24) is 0 Å². The number of alkyl halides is 3. The lowest BCUT2D eigenvalue weighted by Crippen LogP contribution is -2.07. The minimum Gasteiger partial charge on any atom is -0.494 e. The quantitative estimate of drug-likeness (QED) is 0.762. The zero-order valence-corrected chi connectivity index (χ0v) is 9.48. The SMILES string of the molecule is CCOc1ccc(C(F)(F)F)cc1[C](C)C. The highest BCUT2D eigenvalue weighted by Gasteiger charge is 2.31. The van der Waals surface area contributed by atoms with Gasteiger partial charge in [-0.25, -0.2) is 0 Å². The molecule has 0 unspecified atom stereocenters. The molecule has 0 atom stereocenters. The van der Waals surface area contributed by atoms with Crippen LogP contribution >= 0.6 is 0 Å². The van der Waals surface area contributed by atoms with E-state index < -0.39 is 11.7 Å². The summed E-state index contributed by atoms with van der Waals surface area (Å²) in [6.07, 6.45) is -4.31. The largest absolute Gasteiger partial charge is 0.494 e. The summed E-state index contributed by atoms with van der Waals surface area (Å²) in [6.45, 7) is 5.76. The summed E-state index contributed by atoms with van der Waals surface area (Å²) in [4.78, 5) is 0. The molecule has 0 spiro atoms. The molecule has 0 bridgehead atoms. The molecular formula is C12H14F3O. The van der Waals surface area contributed by atoms with Crippen LogP contribution in [0, 0.1) is 5.92 Å². The third kappa shape index (κ3) is 2.90. The van der Waals surface area contributed by atoms with Gasteiger partial charge >= 0.3 is 6.18 Å². The standard InChI is InChI=1S/C12H14F3O/c1-4-16-11-6-5-9(12(13,14)15)7-10(11)8(2)3/h5-7H,4H2,1-3H3. The molecule has 0 saturated carbocycles. The minimum absolute atomic E-state index is 0.436. The summed E-state index contributed by atoms with van der Waals surface area (Å²) in [6, 6.07) is 3.53. The summed E-state index contributed by atoms with van der Waals surface area (Å²) >= 11 is 0. The molecule has 0 aliphatic heterocycles. The predicted molar refractivity (Wildman–Crippen MR) is 56.3 cm³/mol. The van der Waals surface area contributed by atoms with Crippen LogP contribution in [-0.2, 0) is 6.18 Å². The van der Waals surface area contributed by atoms with Crippen molar-refractivity contribution in [1.29, 1.82) is 0 Å². The first-order valence-corrected chi connectivity index (χ1v) is 5.00. The lowest BCUT2D eigenvalue weighted by atomic mass is 9.99. The van der Waals surface area contributed by atoms with Crippen LogP contribution in [0.1, 0.15) is 31.9 Å². The summed E-state index contributed by atoms with van der Waals surface area (Å²) < 4.78 is 42.8. The van der Waals surface area contributed by atoms with Crippen LogP contribution in [0.5, 0.6) is 5.75 Å². The number of benzene rings is 1. The van der Waals surface area contributed by atoms with E-state index in [0.29, 0.717) is 17.9 Å². The van der Waals surface area contributed by atoms with E-state index in [1.54, 1.807) is 20.8 Å². The average molecular weight is 231 g/mol. The first-order chi connectivity index (χ1) is 7.36. The minimum atomic E-state index is -4.31. The van der Waals surface area contributed by atoms with Gasteiger partial charge < -0.3 is 4.74 Å². The fourth-order valence-electron chi connectivity index (χ4n) is 1.38. The number of halogens is 3. The van der Waals surface area contributed by atoms with Crippen molar-refractivity contribution in [3.05, 3.63) is 35.2 Å². The third-order valence-corrected chi connectivity index (χ3v) is 2.15. The van der Waals surface area contributed by atoms with Gasteiger partial charge in [-0.05, 0) is 25.1 Å². The van der Waals surface area contributed by atoms with Crippen LogP contribution in [0.4, 0.5) is 13.2 Å². The van der Waals surface area contributed by atoms with E-state index in [1.807, 2.05) is 0 Å². The Kier molecular flexibility index (Phi) is 3.83. The first-order valence-electron chi connectivity index (χ1n) is 5.00. The molecule has 1 rings (SSSR count). The predicted octanol–water partition coefficient (Wildman–Crippen LogP) is 4.07. The Bertz CT molecular complexity index is 356. The fraction of sp³-hybridized carbons (Fsp3) is 0.417. The molecule has 0 fully saturated rings. The second kappa shape index (κ2) is 4.76. The molecule has 1 nitrogen and oxygen atoms in total. The molecule has 1 aromatic carbocycles. The van der Waals surface area contributed by atoms with E-state index in [1.165, 1.54) is 6.07 Å². The smallest absolute Gasteiger partial charge is 0.416 e. The van der Waals surface area contributed by atoms with E-state index in [9.17, 15) is 13.2 Å². The third-order valence-electron chi connectivity index (χ3n) is 2.15. The lowest BCUT2D eigenvalue weighted by Gasteiger charge is -2.15. The molecule has 0 aromatic heterocycles. The number of hydrogen-bond acceptors (Lipinski definition) is 1. The molecule has 0 aliphatic rings. The maximum absolute atomic E-state index is 12.5. The topological polar surface area (TPSA) is 9.23 Å². The van der Waals surface area contributed by atoms with Gasteiger partial charge in [0.1, 0.15) is 5.75 Å². The van der Waals surface area contributed by atoms with Crippen LogP contribution in [-0.4, -0.2) is 6.61 Å². The van der Waals surface area contributed by atoms with Gasteiger partial charge in [0.2, 0.25) is 0 Å². The van der Waals surface area contributed by atoms with Crippen molar-refractivity contribution in [2.24, 2.45) is 0 Å². The van der Waals surface area contributed by atoms with Crippen LogP contribution in [0.15, 0.2) is 18.2 Å². The summed E-state index contributed by atoms with van der Waals surface area (Å²) in [7, 11) is 0.